The van der Waals surface area contributed by atoms with E-state index in [1.165, 1.54) is 7.05 Å². The average Bonchev–Trinajstić information content (AvgIpc) is 1.63. The molecular weight excluding hydrogens is 122 g/mol. The molecule has 0 saturated heterocycles. The SMILES string of the molecule is CN(CC(=O)O)C(=N)N.[H+]. The molecule has 0 rings (SSSR count). The molecule has 5 heteroatoms. The van der Waals surface area contributed by atoms with Gasteiger partial charge in [0.2, 0.25) is 0 Å². The van der Waals surface area contributed by atoms with Crippen molar-refractivity contribution in [2.75, 3.05) is 13.6 Å². The van der Waals surface area contributed by atoms with Gasteiger partial charge >= 0.3 is 7.40 Å². The highest BCUT2D eigenvalue weighted by Crippen LogP contribution is 1.76. The van der Waals surface area contributed by atoms with Gasteiger partial charge < -0.3 is 15.7 Å². The first-order valence-electron chi connectivity index (χ1n) is 2.31. The lowest BCUT2D eigenvalue weighted by molar-refractivity contribution is -0.137. The quantitative estimate of drug-likeness (QED) is 0.332. The predicted molar refractivity (Wildman–Crippen MR) is 33.3 cm³/mol. The summed E-state index contributed by atoms with van der Waals surface area (Å²) in [7, 11) is 1.44. The fourth-order valence-electron chi connectivity index (χ4n) is 0.288. The van der Waals surface area contributed by atoms with Gasteiger partial charge in [0.05, 0.1) is 0 Å². The Labute approximate surface area is 54.1 Å². The van der Waals surface area contributed by atoms with Crippen LogP contribution in [0.3, 0.4) is 0 Å². The van der Waals surface area contributed by atoms with E-state index in [0.717, 1.165) is 4.90 Å². The zero-order chi connectivity index (χ0) is 7.44. The average molecular weight is 132 g/mol. The number of hydrogen-bond acceptors (Lipinski definition) is 2. The molecule has 5 nitrogen and oxygen atoms in total. The molecule has 0 aromatic heterocycles. The molecule has 4 N–H and O–H groups in total. The van der Waals surface area contributed by atoms with Crippen LogP contribution in [-0.2, 0) is 4.79 Å². The molecule has 0 atom stereocenters. The molecule has 0 aliphatic carbocycles. The van der Waals surface area contributed by atoms with Gasteiger partial charge in [-0.3, -0.25) is 10.2 Å². The number of guanidine groups is 1. The van der Waals surface area contributed by atoms with E-state index >= 15 is 0 Å². The Hall–Kier alpha value is -1.26. The van der Waals surface area contributed by atoms with Crippen molar-refractivity contribution in [2.45, 2.75) is 0 Å². The molecular formula is C4H10N3O2+. The number of carboxylic acid groups (broad SMARTS) is 1. The minimum atomic E-state index is -0.993. The molecule has 0 unspecified atom stereocenters. The summed E-state index contributed by atoms with van der Waals surface area (Å²) in [4.78, 5) is 11.0. The molecule has 0 aliphatic heterocycles. The van der Waals surface area contributed by atoms with Crippen molar-refractivity contribution < 1.29 is 11.3 Å². The molecule has 0 bridgehead atoms. The number of aliphatic carboxylic acids is 1. The number of nitrogens with zero attached hydrogens (tertiary/aromatic N) is 1. The molecule has 52 valence electrons. The van der Waals surface area contributed by atoms with Gasteiger partial charge in [-0.25, -0.2) is 0 Å². The lowest BCUT2D eigenvalue weighted by atomic mass is 10.6. The molecule has 0 spiro atoms. The lowest BCUT2D eigenvalue weighted by Gasteiger charge is -2.12. The second-order valence-corrected chi connectivity index (χ2v) is 1.64. The molecule has 0 radical (unpaired) electrons. The third-order valence-electron chi connectivity index (χ3n) is 0.784. The highest BCUT2D eigenvalue weighted by Gasteiger charge is 2.03. The van der Waals surface area contributed by atoms with E-state index in [-0.39, 0.29) is 13.9 Å². The van der Waals surface area contributed by atoms with E-state index in [1.807, 2.05) is 0 Å². The van der Waals surface area contributed by atoms with Gasteiger partial charge in [0.25, 0.3) is 0 Å². The van der Waals surface area contributed by atoms with E-state index in [4.69, 9.17) is 16.2 Å². The van der Waals surface area contributed by atoms with Crippen LogP contribution in [0.2, 0.25) is 0 Å². The van der Waals surface area contributed by atoms with Crippen LogP contribution in [0.4, 0.5) is 0 Å². The summed E-state index contributed by atoms with van der Waals surface area (Å²) in [5.74, 6) is -1.23. The van der Waals surface area contributed by atoms with Gasteiger partial charge in [-0.05, 0) is 0 Å². The Kier molecular flexibility index (Phi) is 2.50. The molecule has 0 saturated carbocycles. The highest BCUT2D eigenvalue weighted by atomic mass is 16.4. The molecule has 0 aromatic rings. The molecule has 0 fully saturated rings. The van der Waals surface area contributed by atoms with Gasteiger partial charge in [0.15, 0.2) is 5.96 Å². The molecule has 9 heavy (non-hydrogen) atoms. The number of nitrogens with one attached hydrogen (secondary N) is 1. The fourth-order valence-corrected chi connectivity index (χ4v) is 0.288. The van der Waals surface area contributed by atoms with Crippen LogP contribution >= 0.6 is 0 Å². The summed E-state index contributed by atoms with van der Waals surface area (Å²) < 4.78 is 0. The first kappa shape index (κ1) is 7.74. The Morgan fingerprint density at radius 3 is 2.56 bits per heavy atom. The molecule has 0 heterocycles. The van der Waals surface area contributed by atoms with E-state index in [9.17, 15) is 4.79 Å². The summed E-state index contributed by atoms with van der Waals surface area (Å²) in [6.45, 7) is -0.227. The highest BCUT2D eigenvalue weighted by molar-refractivity contribution is 5.79. The Balaban J connectivity index is 0. The van der Waals surface area contributed by atoms with E-state index in [1.54, 1.807) is 0 Å². The maximum absolute atomic E-state index is 9.92. The monoisotopic (exact) mass is 132 g/mol. The van der Waals surface area contributed by atoms with Crippen molar-refractivity contribution in [3.8, 4) is 0 Å². The van der Waals surface area contributed by atoms with Gasteiger partial charge in [0.1, 0.15) is 6.54 Å². The van der Waals surface area contributed by atoms with Gasteiger partial charge in [0, 0.05) is 7.05 Å². The largest absolute Gasteiger partial charge is 1.00 e. The minimum absolute atomic E-state index is 0. The summed E-state index contributed by atoms with van der Waals surface area (Å²) in [5.41, 5.74) is 4.93. The van der Waals surface area contributed by atoms with E-state index in [2.05, 4.69) is 0 Å². The predicted octanol–water partition coefficient (Wildman–Crippen LogP) is -0.991. The van der Waals surface area contributed by atoms with Gasteiger partial charge in [-0.2, -0.15) is 0 Å². The maximum atomic E-state index is 9.92. The van der Waals surface area contributed by atoms with Crippen molar-refractivity contribution >= 4 is 11.9 Å². The van der Waals surface area contributed by atoms with Crippen LogP contribution in [0.25, 0.3) is 0 Å². The van der Waals surface area contributed by atoms with Crippen LogP contribution < -0.4 is 5.73 Å². The lowest BCUT2D eigenvalue weighted by Crippen LogP contribution is -2.36. The number of carbonyl (C=O) groups is 1. The van der Waals surface area contributed by atoms with Crippen molar-refractivity contribution in [1.29, 1.82) is 5.41 Å². The number of nitrogens with two attached hydrogens (primary N) is 1. The topological polar surface area (TPSA) is 90.4 Å². The van der Waals surface area contributed by atoms with Crippen molar-refractivity contribution in [2.24, 2.45) is 5.73 Å². The smallest absolute Gasteiger partial charge is 0.480 e. The Morgan fingerprint density at radius 2 is 2.44 bits per heavy atom. The first-order valence-corrected chi connectivity index (χ1v) is 2.31. The Morgan fingerprint density at radius 1 is 2.00 bits per heavy atom. The standard InChI is InChI=1S/C4H9N3O2/c1-7(4(5)6)2-3(8)9/h2H2,1H3,(H3,5,6)(H,8,9)/p+1. The second-order valence-electron chi connectivity index (χ2n) is 1.64. The second kappa shape index (κ2) is 2.91. The first-order chi connectivity index (χ1) is 4.04. The third kappa shape index (κ3) is 3.33. The fraction of sp³-hybridized carbons (Fsp3) is 0.500. The molecule has 0 aliphatic rings. The van der Waals surface area contributed by atoms with Crippen molar-refractivity contribution in [1.82, 2.24) is 4.90 Å². The summed E-state index contributed by atoms with van der Waals surface area (Å²) >= 11 is 0. The van der Waals surface area contributed by atoms with Crippen molar-refractivity contribution in [3.63, 3.8) is 0 Å². The molecule has 0 aromatic carbocycles. The van der Waals surface area contributed by atoms with Gasteiger partial charge in [-0.1, -0.05) is 0 Å². The normalized spacial score (nSPS) is 8.56. The summed E-state index contributed by atoms with van der Waals surface area (Å²) in [6, 6.07) is 0. The van der Waals surface area contributed by atoms with Crippen molar-refractivity contribution in [3.05, 3.63) is 0 Å². The van der Waals surface area contributed by atoms with Gasteiger partial charge in [-0.15, -0.1) is 0 Å². The zero-order valence-electron chi connectivity index (χ0n) is 6.09. The zero-order valence-corrected chi connectivity index (χ0v) is 5.09. The maximum Gasteiger partial charge on any atom is 1.00 e. The van der Waals surface area contributed by atoms with E-state index in [0.29, 0.717) is 0 Å². The van der Waals surface area contributed by atoms with Crippen LogP contribution in [-0.4, -0.2) is 35.5 Å². The van der Waals surface area contributed by atoms with Crippen LogP contribution in [0.5, 0.6) is 0 Å². The number of hydrogen-bond donors (Lipinski definition) is 3. The van der Waals surface area contributed by atoms with E-state index < -0.39 is 5.97 Å². The summed E-state index contributed by atoms with van der Waals surface area (Å²) in [5, 5.41) is 14.9. The Bertz CT molecular complexity index is 138. The van der Waals surface area contributed by atoms with Crippen LogP contribution in [0.15, 0.2) is 0 Å². The summed E-state index contributed by atoms with van der Waals surface area (Å²) in [6.07, 6.45) is 0. The third-order valence-corrected chi connectivity index (χ3v) is 0.784. The van der Waals surface area contributed by atoms with Crippen LogP contribution in [0.1, 0.15) is 1.43 Å². The number of rotatable bonds is 2. The number of likely N-dealkylation sites (N-methyl/N-ethyl adjacent to an activating group) is 1. The molecule has 0 amide bonds. The number of carboxylic acids is 1. The minimum Gasteiger partial charge on any atom is -0.480 e. The van der Waals surface area contributed by atoms with Crippen LogP contribution in [0, 0.1) is 5.41 Å².